The van der Waals surface area contributed by atoms with Gasteiger partial charge in [0, 0.05) is 12.6 Å². The maximum atomic E-state index is 6.02. The molecule has 0 heterocycles. The first kappa shape index (κ1) is 11.4. The zero-order chi connectivity index (χ0) is 10.5. The van der Waals surface area contributed by atoms with Crippen molar-refractivity contribution in [1.82, 2.24) is 0 Å². The van der Waals surface area contributed by atoms with Crippen LogP contribution in [0, 0.1) is 5.92 Å². The molecule has 0 aromatic carbocycles. The Labute approximate surface area is 93.6 Å². The summed E-state index contributed by atoms with van der Waals surface area (Å²) in [5.41, 5.74) is 5.88. The van der Waals surface area contributed by atoms with E-state index < -0.39 is 0 Å². The molecule has 15 heavy (non-hydrogen) atoms. The van der Waals surface area contributed by atoms with Gasteiger partial charge in [0.15, 0.2) is 0 Å². The van der Waals surface area contributed by atoms with Gasteiger partial charge in [0.1, 0.15) is 0 Å². The molecule has 0 aromatic rings. The van der Waals surface area contributed by atoms with Crippen molar-refractivity contribution in [2.75, 3.05) is 6.61 Å². The smallest absolute Gasteiger partial charge is 0.0576 e. The molecule has 0 spiro atoms. The van der Waals surface area contributed by atoms with Crippen LogP contribution in [0.25, 0.3) is 0 Å². The van der Waals surface area contributed by atoms with Crippen LogP contribution in [0.4, 0.5) is 0 Å². The highest BCUT2D eigenvalue weighted by Crippen LogP contribution is 2.26. The van der Waals surface area contributed by atoms with Gasteiger partial charge in [-0.3, -0.25) is 0 Å². The zero-order valence-corrected chi connectivity index (χ0v) is 9.79. The molecule has 2 fully saturated rings. The van der Waals surface area contributed by atoms with Crippen molar-refractivity contribution >= 4 is 0 Å². The Kier molecular flexibility index (Phi) is 4.45. The van der Waals surface area contributed by atoms with Crippen LogP contribution in [-0.2, 0) is 4.74 Å². The fourth-order valence-electron chi connectivity index (χ4n) is 2.88. The average molecular weight is 211 g/mol. The van der Waals surface area contributed by atoms with Gasteiger partial charge in [-0.05, 0) is 44.4 Å². The molecule has 0 bridgehead atoms. The third-order valence-electron chi connectivity index (χ3n) is 4.01. The summed E-state index contributed by atoms with van der Waals surface area (Å²) in [4.78, 5) is 0. The summed E-state index contributed by atoms with van der Waals surface area (Å²) >= 11 is 0. The summed E-state index contributed by atoms with van der Waals surface area (Å²) in [6.45, 7) is 1.01. The molecular formula is C13H25NO. The normalized spacial score (nSPS) is 34.2. The Morgan fingerprint density at radius 3 is 2.20 bits per heavy atom. The van der Waals surface area contributed by atoms with Gasteiger partial charge in [-0.1, -0.05) is 19.3 Å². The molecule has 2 saturated carbocycles. The van der Waals surface area contributed by atoms with Crippen LogP contribution in [-0.4, -0.2) is 18.8 Å². The van der Waals surface area contributed by atoms with Gasteiger partial charge in [-0.2, -0.15) is 0 Å². The minimum absolute atomic E-state index is 0.444. The standard InChI is InChI=1S/C13H25NO/c14-12-6-8-13(9-7-12)15-10-11-4-2-1-3-5-11/h11-13H,1-10,14H2. The molecule has 2 N–H and O–H groups in total. The molecule has 2 rings (SSSR count). The number of nitrogens with two attached hydrogens (primary N) is 1. The van der Waals surface area contributed by atoms with E-state index in [1.165, 1.54) is 44.9 Å². The molecule has 2 heteroatoms. The molecule has 2 nitrogen and oxygen atoms in total. The van der Waals surface area contributed by atoms with Crippen LogP contribution in [0.1, 0.15) is 57.8 Å². The highest BCUT2D eigenvalue weighted by atomic mass is 16.5. The van der Waals surface area contributed by atoms with Gasteiger partial charge < -0.3 is 10.5 Å². The van der Waals surface area contributed by atoms with Crippen LogP contribution in [0.3, 0.4) is 0 Å². The zero-order valence-electron chi connectivity index (χ0n) is 9.79. The molecule has 0 radical (unpaired) electrons. The molecule has 88 valence electrons. The van der Waals surface area contributed by atoms with Crippen molar-refractivity contribution in [2.24, 2.45) is 11.7 Å². The van der Waals surface area contributed by atoms with E-state index in [-0.39, 0.29) is 0 Å². The van der Waals surface area contributed by atoms with E-state index in [4.69, 9.17) is 10.5 Å². The lowest BCUT2D eigenvalue weighted by Gasteiger charge is -2.29. The maximum absolute atomic E-state index is 6.02. The number of rotatable bonds is 3. The number of hydrogen-bond donors (Lipinski definition) is 1. The molecule has 0 saturated heterocycles. The minimum atomic E-state index is 0.444. The monoisotopic (exact) mass is 211 g/mol. The molecule has 0 atom stereocenters. The Hall–Kier alpha value is -0.0800. The van der Waals surface area contributed by atoms with Gasteiger partial charge in [-0.15, -0.1) is 0 Å². The molecule has 0 unspecified atom stereocenters. The topological polar surface area (TPSA) is 35.2 Å². The third-order valence-corrected chi connectivity index (χ3v) is 4.01. The van der Waals surface area contributed by atoms with Crippen LogP contribution in [0.15, 0.2) is 0 Å². The summed E-state index contributed by atoms with van der Waals surface area (Å²) in [6, 6.07) is 0.444. The highest BCUT2D eigenvalue weighted by Gasteiger charge is 2.21. The summed E-state index contributed by atoms with van der Waals surface area (Å²) in [5.74, 6) is 0.856. The van der Waals surface area contributed by atoms with E-state index in [9.17, 15) is 0 Å². The molecule has 0 aromatic heterocycles. The first-order valence-electron chi connectivity index (χ1n) is 6.72. The molecule has 2 aliphatic carbocycles. The lowest BCUT2D eigenvalue weighted by Crippen LogP contribution is -2.31. The van der Waals surface area contributed by atoms with Crippen molar-refractivity contribution in [3.05, 3.63) is 0 Å². The third kappa shape index (κ3) is 3.76. The molecule has 0 aliphatic heterocycles. The van der Waals surface area contributed by atoms with E-state index in [1.54, 1.807) is 0 Å². The Balaban J connectivity index is 1.60. The van der Waals surface area contributed by atoms with Crippen molar-refractivity contribution in [1.29, 1.82) is 0 Å². The van der Waals surface area contributed by atoms with Gasteiger partial charge in [0.2, 0.25) is 0 Å². The minimum Gasteiger partial charge on any atom is -0.378 e. The summed E-state index contributed by atoms with van der Waals surface area (Å²) < 4.78 is 6.02. The van der Waals surface area contributed by atoms with Gasteiger partial charge >= 0.3 is 0 Å². The first-order valence-corrected chi connectivity index (χ1v) is 6.72. The second-order valence-corrected chi connectivity index (χ2v) is 5.37. The molecule has 0 amide bonds. The van der Waals surface area contributed by atoms with E-state index in [0.717, 1.165) is 25.4 Å². The SMILES string of the molecule is NC1CCC(OCC2CCCCC2)CC1. The van der Waals surface area contributed by atoms with Crippen molar-refractivity contribution in [3.63, 3.8) is 0 Å². The first-order chi connectivity index (χ1) is 7.34. The predicted molar refractivity (Wildman–Crippen MR) is 62.8 cm³/mol. The predicted octanol–water partition coefficient (Wildman–Crippen LogP) is 2.85. The second kappa shape index (κ2) is 5.86. The van der Waals surface area contributed by atoms with Crippen LogP contribution in [0.5, 0.6) is 0 Å². The summed E-state index contributed by atoms with van der Waals surface area (Å²) in [6.07, 6.45) is 12.3. The van der Waals surface area contributed by atoms with Crippen LogP contribution in [0.2, 0.25) is 0 Å². The van der Waals surface area contributed by atoms with Gasteiger partial charge in [0.05, 0.1) is 6.10 Å². The van der Waals surface area contributed by atoms with Gasteiger partial charge in [-0.25, -0.2) is 0 Å². The van der Waals surface area contributed by atoms with Crippen molar-refractivity contribution < 1.29 is 4.74 Å². The van der Waals surface area contributed by atoms with Crippen LogP contribution >= 0.6 is 0 Å². The van der Waals surface area contributed by atoms with E-state index in [2.05, 4.69) is 0 Å². The maximum Gasteiger partial charge on any atom is 0.0576 e. The fraction of sp³-hybridized carbons (Fsp3) is 1.00. The Morgan fingerprint density at radius 1 is 0.867 bits per heavy atom. The lowest BCUT2D eigenvalue weighted by molar-refractivity contribution is -0.00129. The van der Waals surface area contributed by atoms with Crippen molar-refractivity contribution in [3.8, 4) is 0 Å². The number of ether oxygens (including phenoxy) is 1. The second-order valence-electron chi connectivity index (χ2n) is 5.37. The summed E-state index contributed by atoms with van der Waals surface area (Å²) in [7, 11) is 0. The van der Waals surface area contributed by atoms with Crippen LogP contribution < -0.4 is 5.73 Å². The van der Waals surface area contributed by atoms with Crippen molar-refractivity contribution in [2.45, 2.75) is 69.9 Å². The fourth-order valence-corrected chi connectivity index (χ4v) is 2.88. The highest BCUT2D eigenvalue weighted by molar-refractivity contribution is 4.75. The average Bonchev–Trinajstić information content (AvgIpc) is 2.30. The molecule has 2 aliphatic rings. The lowest BCUT2D eigenvalue weighted by atomic mass is 9.89. The van der Waals surface area contributed by atoms with E-state index in [0.29, 0.717) is 12.1 Å². The molecular weight excluding hydrogens is 186 g/mol. The van der Waals surface area contributed by atoms with E-state index in [1.807, 2.05) is 0 Å². The quantitative estimate of drug-likeness (QED) is 0.779. The Morgan fingerprint density at radius 2 is 1.53 bits per heavy atom. The number of hydrogen-bond acceptors (Lipinski definition) is 2. The summed E-state index contributed by atoms with van der Waals surface area (Å²) in [5, 5.41) is 0. The van der Waals surface area contributed by atoms with Gasteiger partial charge in [0.25, 0.3) is 0 Å². The largest absolute Gasteiger partial charge is 0.378 e. The van der Waals surface area contributed by atoms with E-state index >= 15 is 0 Å². The Bertz CT molecular complexity index is 169.